The lowest BCUT2D eigenvalue weighted by molar-refractivity contribution is -0.139. The van der Waals surface area contributed by atoms with Crippen LogP contribution in [0.4, 0.5) is 4.79 Å². The third kappa shape index (κ3) is 6.24. The van der Waals surface area contributed by atoms with Gasteiger partial charge in [-0.1, -0.05) is 13.3 Å². The SMILES string of the molecule is CCCC(NCCOC(N)=O)C(=O)O. The Morgan fingerprint density at radius 3 is 2.64 bits per heavy atom. The van der Waals surface area contributed by atoms with Gasteiger partial charge in [0.1, 0.15) is 12.6 Å². The summed E-state index contributed by atoms with van der Waals surface area (Å²) in [6, 6.07) is -0.587. The molecule has 0 aliphatic heterocycles. The molecule has 1 unspecified atom stereocenters. The maximum absolute atomic E-state index is 10.6. The second kappa shape index (κ2) is 7.14. The Kier molecular flexibility index (Phi) is 6.47. The molecular formula is C8H16N2O4. The van der Waals surface area contributed by atoms with Crippen LogP contribution in [0.3, 0.4) is 0 Å². The molecule has 0 rings (SSSR count). The second-order valence-electron chi connectivity index (χ2n) is 2.80. The Morgan fingerprint density at radius 2 is 2.21 bits per heavy atom. The lowest BCUT2D eigenvalue weighted by atomic mass is 10.2. The van der Waals surface area contributed by atoms with Gasteiger partial charge in [0.15, 0.2) is 0 Å². The van der Waals surface area contributed by atoms with E-state index in [1.165, 1.54) is 0 Å². The van der Waals surface area contributed by atoms with Crippen LogP contribution < -0.4 is 11.1 Å². The third-order valence-corrected chi connectivity index (χ3v) is 1.61. The zero-order chi connectivity index (χ0) is 11.0. The summed E-state index contributed by atoms with van der Waals surface area (Å²) in [6.07, 6.45) is 0.473. The molecule has 0 heterocycles. The van der Waals surface area contributed by atoms with Gasteiger partial charge in [-0.15, -0.1) is 0 Å². The third-order valence-electron chi connectivity index (χ3n) is 1.61. The number of aliphatic carboxylic acids is 1. The van der Waals surface area contributed by atoms with Crippen molar-refractivity contribution < 1.29 is 19.4 Å². The van der Waals surface area contributed by atoms with E-state index in [1.54, 1.807) is 0 Å². The first-order chi connectivity index (χ1) is 6.57. The zero-order valence-electron chi connectivity index (χ0n) is 8.16. The second-order valence-corrected chi connectivity index (χ2v) is 2.80. The fourth-order valence-electron chi connectivity index (χ4n) is 0.986. The first-order valence-electron chi connectivity index (χ1n) is 4.46. The first kappa shape index (κ1) is 12.7. The number of rotatable bonds is 7. The summed E-state index contributed by atoms with van der Waals surface area (Å²) in [6.45, 7) is 2.28. The standard InChI is InChI=1S/C8H16N2O4/c1-2-3-6(7(11)12)10-4-5-14-8(9)13/h6,10H,2-5H2,1H3,(H2,9,13)(H,11,12). The summed E-state index contributed by atoms with van der Waals surface area (Å²) >= 11 is 0. The van der Waals surface area contributed by atoms with Crippen molar-refractivity contribution in [2.75, 3.05) is 13.2 Å². The van der Waals surface area contributed by atoms with E-state index in [4.69, 9.17) is 10.8 Å². The van der Waals surface area contributed by atoms with E-state index in [1.807, 2.05) is 6.92 Å². The highest BCUT2D eigenvalue weighted by molar-refractivity contribution is 5.73. The highest BCUT2D eigenvalue weighted by Gasteiger charge is 2.14. The molecule has 0 fully saturated rings. The van der Waals surface area contributed by atoms with Gasteiger partial charge in [-0.05, 0) is 6.42 Å². The van der Waals surface area contributed by atoms with E-state index in [0.717, 1.165) is 6.42 Å². The molecule has 0 aromatic rings. The molecule has 6 heteroatoms. The number of carbonyl (C=O) groups is 2. The van der Waals surface area contributed by atoms with Crippen molar-refractivity contribution in [2.24, 2.45) is 5.73 Å². The van der Waals surface area contributed by atoms with Crippen molar-refractivity contribution in [1.29, 1.82) is 0 Å². The van der Waals surface area contributed by atoms with E-state index in [2.05, 4.69) is 10.1 Å². The number of nitrogens with one attached hydrogen (secondary N) is 1. The highest BCUT2D eigenvalue weighted by atomic mass is 16.5. The quantitative estimate of drug-likeness (QED) is 0.503. The summed E-state index contributed by atoms with van der Waals surface area (Å²) in [4.78, 5) is 20.8. The average molecular weight is 204 g/mol. The molecule has 0 bridgehead atoms. The molecule has 0 saturated carbocycles. The van der Waals surface area contributed by atoms with E-state index in [-0.39, 0.29) is 6.61 Å². The van der Waals surface area contributed by atoms with Gasteiger partial charge in [-0.25, -0.2) is 4.79 Å². The molecule has 6 nitrogen and oxygen atoms in total. The van der Waals surface area contributed by atoms with Gasteiger partial charge in [-0.3, -0.25) is 4.79 Å². The minimum atomic E-state index is -0.897. The highest BCUT2D eigenvalue weighted by Crippen LogP contribution is 1.95. The smallest absolute Gasteiger partial charge is 0.404 e. The molecule has 0 aliphatic rings. The normalized spacial score (nSPS) is 12.1. The van der Waals surface area contributed by atoms with Crippen molar-refractivity contribution in [3.63, 3.8) is 0 Å². The van der Waals surface area contributed by atoms with E-state index in [9.17, 15) is 9.59 Å². The molecule has 0 saturated heterocycles. The minimum Gasteiger partial charge on any atom is -0.480 e. The van der Waals surface area contributed by atoms with Gasteiger partial charge in [0, 0.05) is 6.54 Å². The van der Waals surface area contributed by atoms with Gasteiger partial charge in [0.05, 0.1) is 0 Å². The number of ether oxygens (including phenoxy) is 1. The van der Waals surface area contributed by atoms with Crippen molar-refractivity contribution >= 4 is 12.1 Å². The monoisotopic (exact) mass is 204 g/mol. The summed E-state index contributed by atoms with van der Waals surface area (Å²) in [5.41, 5.74) is 4.72. The van der Waals surface area contributed by atoms with Crippen LogP contribution in [0.5, 0.6) is 0 Å². The van der Waals surface area contributed by atoms with Crippen LogP contribution in [-0.2, 0) is 9.53 Å². The maximum atomic E-state index is 10.6. The predicted molar refractivity (Wildman–Crippen MR) is 49.9 cm³/mol. The molecule has 0 spiro atoms. The zero-order valence-corrected chi connectivity index (χ0v) is 8.16. The number of hydrogen-bond acceptors (Lipinski definition) is 4. The fourth-order valence-corrected chi connectivity index (χ4v) is 0.986. The molecule has 0 aromatic heterocycles. The number of nitrogens with two attached hydrogens (primary N) is 1. The molecule has 0 radical (unpaired) electrons. The molecule has 1 atom stereocenters. The lowest BCUT2D eigenvalue weighted by Gasteiger charge is -2.12. The Balaban J connectivity index is 3.61. The van der Waals surface area contributed by atoms with Gasteiger partial charge in [0.25, 0.3) is 0 Å². The maximum Gasteiger partial charge on any atom is 0.404 e. The van der Waals surface area contributed by atoms with Gasteiger partial charge in [-0.2, -0.15) is 0 Å². The van der Waals surface area contributed by atoms with Crippen LogP contribution in [0.2, 0.25) is 0 Å². The van der Waals surface area contributed by atoms with Gasteiger partial charge < -0.3 is 20.9 Å². The fraction of sp³-hybridized carbons (Fsp3) is 0.750. The topological polar surface area (TPSA) is 102 Å². The lowest BCUT2D eigenvalue weighted by Crippen LogP contribution is -2.38. The number of carbonyl (C=O) groups excluding carboxylic acids is 1. The Hall–Kier alpha value is -1.30. The number of hydrogen-bond donors (Lipinski definition) is 3. The molecule has 1 amide bonds. The van der Waals surface area contributed by atoms with Crippen molar-refractivity contribution in [3.05, 3.63) is 0 Å². The summed E-state index contributed by atoms with van der Waals surface area (Å²) in [5.74, 6) is -0.897. The van der Waals surface area contributed by atoms with Crippen LogP contribution in [0, 0.1) is 0 Å². The van der Waals surface area contributed by atoms with Crippen molar-refractivity contribution in [3.8, 4) is 0 Å². The molecular weight excluding hydrogens is 188 g/mol. The first-order valence-corrected chi connectivity index (χ1v) is 4.46. The molecule has 0 aromatic carbocycles. The summed E-state index contributed by atoms with van der Waals surface area (Å²) in [5, 5.41) is 11.5. The molecule has 14 heavy (non-hydrogen) atoms. The van der Waals surface area contributed by atoms with Crippen LogP contribution in [0.1, 0.15) is 19.8 Å². The predicted octanol–water partition coefficient (Wildman–Crippen LogP) is -0.0754. The van der Waals surface area contributed by atoms with Crippen molar-refractivity contribution in [1.82, 2.24) is 5.32 Å². The van der Waals surface area contributed by atoms with Crippen molar-refractivity contribution in [2.45, 2.75) is 25.8 Å². The van der Waals surface area contributed by atoms with E-state index in [0.29, 0.717) is 13.0 Å². The number of amides is 1. The number of carboxylic acids is 1. The summed E-state index contributed by atoms with van der Waals surface area (Å²) in [7, 11) is 0. The van der Waals surface area contributed by atoms with Crippen LogP contribution in [0.15, 0.2) is 0 Å². The van der Waals surface area contributed by atoms with Crippen LogP contribution >= 0.6 is 0 Å². The molecule has 82 valence electrons. The van der Waals surface area contributed by atoms with Gasteiger partial charge >= 0.3 is 12.1 Å². The Morgan fingerprint density at radius 1 is 1.57 bits per heavy atom. The summed E-state index contributed by atoms with van der Waals surface area (Å²) < 4.78 is 4.43. The Labute approximate surface area is 82.4 Å². The minimum absolute atomic E-state index is 0.0861. The number of primary amides is 1. The molecule has 4 N–H and O–H groups in total. The van der Waals surface area contributed by atoms with E-state index < -0.39 is 18.1 Å². The van der Waals surface area contributed by atoms with Gasteiger partial charge in [0.2, 0.25) is 0 Å². The number of carboxylic acid groups (broad SMARTS) is 1. The Bertz CT molecular complexity index is 196. The average Bonchev–Trinajstić information content (AvgIpc) is 2.09. The largest absolute Gasteiger partial charge is 0.480 e. The molecule has 0 aliphatic carbocycles. The van der Waals surface area contributed by atoms with Crippen LogP contribution in [0.25, 0.3) is 0 Å². The van der Waals surface area contributed by atoms with Crippen LogP contribution in [-0.4, -0.2) is 36.4 Å². The van der Waals surface area contributed by atoms with E-state index >= 15 is 0 Å².